The number of nitrogens with one attached hydrogen (secondary N) is 2. The molecule has 0 aromatic heterocycles. The highest BCUT2D eigenvalue weighted by molar-refractivity contribution is 6.39. The van der Waals surface area contributed by atoms with Crippen molar-refractivity contribution in [2.75, 3.05) is 23.9 Å². The Balaban J connectivity index is 1.50. The van der Waals surface area contributed by atoms with Gasteiger partial charge in [0.15, 0.2) is 18.1 Å². The van der Waals surface area contributed by atoms with Gasteiger partial charge in [0.2, 0.25) is 0 Å². The zero-order valence-corrected chi connectivity index (χ0v) is 19.6. The first-order chi connectivity index (χ1) is 17.4. The minimum atomic E-state index is -0.821. The van der Waals surface area contributed by atoms with E-state index in [2.05, 4.69) is 10.6 Å². The van der Waals surface area contributed by atoms with Gasteiger partial charge in [-0.1, -0.05) is 36.4 Å². The van der Waals surface area contributed by atoms with E-state index in [0.29, 0.717) is 28.4 Å². The van der Waals surface area contributed by atoms with Crippen molar-refractivity contribution in [1.29, 1.82) is 0 Å². The summed E-state index contributed by atoms with van der Waals surface area (Å²) < 4.78 is 11.0. The Hall–Kier alpha value is -4.92. The van der Waals surface area contributed by atoms with Gasteiger partial charge in [-0.3, -0.25) is 19.7 Å². The third-order valence-electron chi connectivity index (χ3n) is 5.28. The van der Waals surface area contributed by atoms with Crippen LogP contribution in [0.5, 0.6) is 11.5 Å². The van der Waals surface area contributed by atoms with E-state index in [1.165, 1.54) is 13.2 Å². The van der Waals surface area contributed by atoms with Gasteiger partial charge in [0.05, 0.1) is 12.8 Å². The summed E-state index contributed by atoms with van der Waals surface area (Å²) in [7, 11) is 1.43. The van der Waals surface area contributed by atoms with Crippen LogP contribution in [0, 0.1) is 6.92 Å². The quantitative estimate of drug-likeness (QED) is 0.390. The van der Waals surface area contributed by atoms with Gasteiger partial charge in [0.25, 0.3) is 17.7 Å². The third kappa shape index (κ3) is 5.41. The molecule has 1 aliphatic heterocycles. The van der Waals surface area contributed by atoms with Crippen molar-refractivity contribution in [2.45, 2.75) is 6.92 Å². The summed E-state index contributed by atoms with van der Waals surface area (Å²) in [5, 5.41) is 4.94. The topological polar surface area (TPSA) is 114 Å². The molecule has 5 amide bonds. The summed E-state index contributed by atoms with van der Waals surface area (Å²) in [4.78, 5) is 50.9. The van der Waals surface area contributed by atoms with Crippen LogP contribution < -0.4 is 25.0 Å². The van der Waals surface area contributed by atoms with Crippen LogP contribution in [0.2, 0.25) is 0 Å². The van der Waals surface area contributed by atoms with E-state index in [1.807, 2.05) is 25.1 Å². The van der Waals surface area contributed by atoms with E-state index in [4.69, 9.17) is 9.47 Å². The molecule has 3 aromatic carbocycles. The number of para-hydroxylation sites is 1. The van der Waals surface area contributed by atoms with Gasteiger partial charge < -0.3 is 14.8 Å². The molecule has 0 unspecified atom stereocenters. The number of rotatable bonds is 7. The molecule has 1 heterocycles. The molecule has 0 bridgehead atoms. The van der Waals surface area contributed by atoms with E-state index in [0.717, 1.165) is 10.5 Å². The normalized spacial score (nSPS) is 14.4. The van der Waals surface area contributed by atoms with Crippen molar-refractivity contribution < 1.29 is 28.7 Å². The average Bonchev–Trinajstić information content (AvgIpc) is 2.86. The maximum atomic E-state index is 13.0. The van der Waals surface area contributed by atoms with Crippen LogP contribution in [-0.2, 0) is 14.4 Å². The van der Waals surface area contributed by atoms with Crippen LogP contribution in [0.15, 0.2) is 78.4 Å². The fourth-order valence-electron chi connectivity index (χ4n) is 3.59. The number of barbiturate groups is 1. The number of urea groups is 1. The van der Waals surface area contributed by atoms with Crippen molar-refractivity contribution in [1.82, 2.24) is 5.32 Å². The average molecular weight is 485 g/mol. The highest BCUT2D eigenvalue weighted by Gasteiger charge is 2.36. The number of hydrogen-bond donors (Lipinski definition) is 2. The molecule has 3 aromatic rings. The summed E-state index contributed by atoms with van der Waals surface area (Å²) in [6.07, 6.45) is 1.36. The fraction of sp³-hybridized carbons (Fsp3) is 0.111. The summed E-state index contributed by atoms with van der Waals surface area (Å²) in [5.74, 6) is -1.29. The predicted molar refractivity (Wildman–Crippen MR) is 134 cm³/mol. The lowest BCUT2D eigenvalue weighted by Crippen LogP contribution is -2.54. The van der Waals surface area contributed by atoms with Crippen LogP contribution in [-0.4, -0.2) is 37.5 Å². The second kappa shape index (κ2) is 10.6. The van der Waals surface area contributed by atoms with Gasteiger partial charge in [-0.25, -0.2) is 9.69 Å². The smallest absolute Gasteiger partial charge is 0.335 e. The lowest BCUT2D eigenvalue weighted by Gasteiger charge is -2.26. The van der Waals surface area contributed by atoms with E-state index < -0.39 is 17.8 Å². The largest absolute Gasteiger partial charge is 0.493 e. The molecular formula is C27H23N3O6. The molecule has 0 radical (unpaired) electrons. The Bertz CT molecular complexity index is 1370. The molecule has 0 saturated carbocycles. The number of amides is 5. The minimum absolute atomic E-state index is 0.216. The monoisotopic (exact) mass is 485 g/mol. The maximum absolute atomic E-state index is 13.0. The first-order valence-electron chi connectivity index (χ1n) is 11.0. The number of nitrogens with zero attached hydrogens (tertiary/aromatic N) is 1. The van der Waals surface area contributed by atoms with Gasteiger partial charge in [0.1, 0.15) is 5.57 Å². The van der Waals surface area contributed by atoms with Crippen molar-refractivity contribution >= 4 is 41.2 Å². The number of aryl methyl sites for hydroxylation is 1. The predicted octanol–water partition coefficient (Wildman–Crippen LogP) is 3.69. The maximum Gasteiger partial charge on any atom is 0.335 e. The second-order valence-electron chi connectivity index (χ2n) is 7.91. The van der Waals surface area contributed by atoms with E-state index in [-0.39, 0.29) is 18.1 Å². The Morgan fingerprint density at radius 2 is 1.75 bits per heavy atom. The standard InChI is InChI=1S/C27H23N3O6/c1-17-7-6-8-19(13-17)28-24(31)16-36-22-12-11-18(15-23(22)35-2)14-21-25(32)29-27(34)30(26(21)33)20-9-4-3-5-10-20/h3-15H,16H2,1-2H3,(H,28,31)(H,29,32,34)/b21-14+. The number of carbonyl (C=O) groups excluding carboxylic acids is 4. The zero-order chi connectivity index (χ0) is 25.7. The molecule has 4 rings (SSSR count). The zero-order valence-electron chi connectivity index (χ0n) is 19.6. The molecule has 1 aliphatic rings. The van der Waals surface area contributed by atoms with Gasteiger partial charge >= 0.3 is 6.03 Å². The van der Waals surface area contributed by atoms with Crippen molar-refractivity contribution in [3.8, 4) is 11.5 Å². The molecule has 1 fully saturated rings. The summed E-state index contributed by atoms with van der Waals surface area (Å²) in [6, 6.07) is 19.6. The summed E-state index contributed by atoms with van der Waals surface area (Å²) in [5.41, 5.74) is 2.26. The number of ether oxygens (including phenoxy) is 2. The second-order valence-corrected chi connectivity index (χ2v) is 7.91. The number of imide groups is 2. The molecule has 9 nitrogen and oxygen atoms in total. The molecule has 2 N–H and O–H groups in total. The molecule has 1 saturated heterocycles. The number of hydrogen-bond acceptors (Lipinski definition) is 6. The van der Waals surface area contributed by atoms with E-state index in [1.54, 1.807) is 54.6 Å². The molecule has 36 heavy (non-hydrogen) atoms. The van der Waals surface area contributed by atoms with Crippen LogP contribution in [0.25, 0.3) is 6.08 Å². The fourth-order valence-corrected chi connectivity index (χ4v) is 3.59. The SMILES string of the molecule is COc1cc(/C=C2\C(=O)NC(=O)N(c3ccccc3)C2=O)ccc1OCC(=O)Nc1cccc(C)c1. The lowest BCUT2D eigenvalue weighted by molar-refractivity contribution is -0.122. The Labute approximate surface area is 207 Å². The van der Waals surface area contributed by atoms with Gasteiger partial charge in [-0.15, -0.1) is 0 Å². The van der Waals surface area contributed by atoms with Gasteiger partial charge in [-0.2, -0.15) is 0 Å². The summed E-state index contributed by atoms with van der Waals surface area (Å²) in [6.45, 7) is 1.68. The molecule has 182 valence electrons. The molecule has 0 aliphatic carbocycles. The third-order valence-corrected chi connectivity index (χ3v) is 5.28. The number of methoxy groups -OCH3 is 1. The number of benzene rings is 3. The lowest BCUT2D eigenvalue weighted by atomic mass is 10.1. The van der Waals surface area contributed by atoms with Crippen molar-refractivity contribution in [3.05, 3.63) is 89.5 Å². The molecular weight excluding hydrogens is 462 g/mol. The number of anilines is 2. The molecule has 9 heteroatoms. The first-order valence-corrected chi connectivity index (χ1v) is 11.0. The highest BCUT2D eigenvalue weighted by Crippen LogP contribution is 2.30. The number of carbonyl (C=O) groups is 4. The van der Waals surface area contributed by atoms with Crippen LogP contribution in [0.3, 0.4) is 0 Å². The van der Waals surface area contributed by atoms with E-state index in [9.17, 15) is 19.2 Å². The van der Waals surface area contributed by atoms with Crippen molar-refractivity contribution in [2.24, 2.45) is 0 Å². The summed E-state index contributed by atoms with van der Waals surface area (Å²) >= 11 is 0. The first kappa shape index (κ1) is 24.2. The van der Waals surface area contributed by atoms with Gasteiger partial charge in [-0.05, 0) is 60.5 Å². The Morgan fingerprint density at radius 3 is 2.47 bits per heavy atom. The molecule has 0 atom stereocenters. The Kier molecular flexibility index (Phi) is 7.10. The minimum Gasteiger partial charge on any atom is -0.493 e. The van der Waals surface area contributed by atoms with Crippen LogP contribution in [0.4, 0.5) is 16.2 Å². The van der Waals surface area contributed by atoms with Crippen LogP contribution >= 0.6 is 0 Å². The van der Waals surface area contributed by atoms with Gasteiger partial charge in [0, 0.05) is 5.69 Å². The highest BCUT2D eigenvalue weighted by atomic mass is 16.5. The Morgan fingerprint density at radius 1 is 0.972 bits per heavy atom. The molecule has 0 spiro atoms. The van der Waals surface area contributed by atoms with Crippen molar-refractivity contribution in [3.63, 3.8) is 0 Å². The van der Waals surface area contributed by atoms with E-state index >= 15 is 0 Å². The van der Waals surface area contributed by atoms with Crippen LogP contribution in [0.1, 0.15) is 11.1 Å².